The molecule has 3 aliphatic rings. The molecule has 137 heavy (non-hydrogen) atoms. The smallest absolute Gasteiger partial charge is 0.247 e. The van der Waals surface area contributed by atoms with Crippen LogP contribution in [0.4, 0.5) is 0 Å². The number of imidazole rings is 1. The molecule has 3 saturated heterocycles. The molecule has 0 aliphatic carbocycles. The number of nitrogens with zero attached hydrogens (tertiary/aromatic N) is 6. The first-order valence-electron chi connectivity index (χ1n) is 45.8. The highest BCUT2D eigenvalue weighted by Gasteiger charge is 2.47. The molecule has 18 amide bonds. The van der Waals surface area contributed by atoms with E-state index in [1.54, 1.807) is 99.0 Å². The van der Waals surface area contributed by atoms with Crippen LogP contribution in [0.15, 0.2) is 123 Å². The van der Waals surface area contributed by atoms with E-state index in [0.29, 0.717) is 69.9 Å². The molecule has 1 unspecified atom stereocenters. The standard InChI is InChI=1S/C94H128N22O20S/c1-11-15-26-73-87(128)105-64(36-52(5)6)82(123)111-71(81(122)101-46-79(97)120)49-137-50-80(121)103-67(37-54-29-31-58(136-10)32-30-54)90(131)112(7)72(14-4)86(127)109-69(42-78(96)119)93(134)115-35-21-28-74(115)88(129)107-66(41-57-45-98-51-102-57)84(125)104-63(33-34-77(95)118)92(133)116-47-53(13-3)38-76(116)89(130)106-65(39-55-43-99-61-24-19-17-22-59(55)61)83(124)110-70(48-117)85(126)108-68(40-56-44-100-62-25-20-18-23-60(56)62)91(132)114(9)75(27-16-12-2)94(135)113(73)8/h13-14,17-20,22-25,29-32,43-45,51-53,63-76,99-100,117H,3-4,11-12,15-16,21,26-28,33-42,46-50H2,1-2,5-10H3,(H2,95,118)(H2,96,119)(H2,97,120)(H,98,102)(H,101,122)(H,103,121)(H,104,125)(H,105,128)(H,106,130)(H,107,129)(H,108,126)(H,109,127)(H,110,124)(H,111,123)/t53-,63+,64+,65+,66+,67+,68+,69+,70+,71+,72+,73+,74?,75+,76+/m1/s1. The Balaban J connectivity index is 1.11. The number of para-hydroxylation sites is 2. The molecule has 6 heterocycles. The number of aliphatic hydroxyl groups excluding tert-OH is 1. The molecule has 15 atom stereocenters. The summed E-state index contributed by atoms with van der Waals surface area (Å²) in [6.45, 7) is 12.8. The van der Waals surface area contributed by atoms with Crippen LogP contribution in [0.1, 0.15) is 134 Å². The molecular formula is C94H128N22O20S. The second-order valence-electron chi connectivity index (χ2n) is 35.0. The van der Waals surface area contributed by atoms with E-state index in [9.17, 15) is 43.5 Å². The number of nitrogens with two attached hydrogens (primary N) is 3. The molecule has 740 valence electrons. The fourth-order valence-corrected chi connectivity index (χ4v) is 17.9. The summed E-state index contributed by atoms with van der Waals surface area (Å²) in [5.41, 5.74) is 19.9. The lowest BCUT2D eigenvalue weighted by atomic mass is 9.99. The van der Waals surface area contributed by atoms with Crippen LogP contribution < -0.4 is 75.1 Å². The van der Waals surface area contributed by atoms with Crippen molar-refractivity contribution in [1.82, 2.24) is 97.6 Å². The second kappa shape index (κ2) is 51.1. The Morgan fingerprint density at radius 1 is 0.555 bits per heavy atom. The third-order valence-corrected chi connectivity index (χ3v) is 25.6. The summed E-state index contributed by atoms with van der Waals surface area (Å²) >= 11 is 0.797. The van der Waals surface area contributed by atoms with E-state index in [0.717, 1.165) is 37.4 Å². The lowest BCUT2D eigenvalue weighted by Gasteiger charge is -2.36. The number of amides is 18. The van der Waals surface area contributed by atoms with E-state index in [1.807, 2.05) is 13.8 Å². The fraction of sp³-hybridized carbons (Fsp3) is 0.500. The van der Waals surface area contributed by atoms with Crippen LogP contribution in [0.3, 0.4) is 0 Å². The summed E-state index contributed by atoms with van der Waals surface area (Å²) in [5, 5.41) is 39.1. The molecule has 0 spiro atoms. The van der Waals surface area contributed by atoms with Gasteiger partial charge in [-0.3, -0.25) is 86.3 Å². The van der Waals surface area contributed by atoms with Crippen molar-refractivity contribution >= 4 is 140 Å². The Bertz CT molecular complexity index is 5340. The van der Waals surface area contributed by atoms with Gasteiger partial charge in [0.1, 0.15) is 90.3 Å². The number of methoxy groups -OCH3 is 1. The SMILES string of the molecule is C=C[C@@H]1C[C@H]2C(=O)N[C@@H](Cc3c[nH]c4ccccc34)C(=O)N[C@@H](CO)C(=O)N[C@@H](Cc3c[nH]c4ccccc34)C(=O)N(C)[C@@H](CCCC)C(=O)N(C)[C@@H](CCCC)C(=O)N[C@@H](CC(C)C)C(=O)N[C@H](C(=O)NCC(N)=O)CSCC(=O)N[C@@H](Cc3ccc(OC)cc3)C(=O)N(C)[C@@H](C=C)C(=O)N[C@@H](CC(N)=O)C(=O)N3CCCC3C(=O)N[C@@H](Cc3c[nH]cn3)C(=O)N[C@@H](CCC(N)=O)C(=O)N2C1. The number of primary amides is 3. The minimum atomic E-state index is -1.89. The Hall–Kier alpha value is -14.0. The first kappa shape index (κ1) is 107. The number of benzene rings is 3. The normalized spacial score (nSPS) is 24.5. The molecule has 0 saturated carbocycles. The zero-order valence-electron chi connectivity index (χ0n) is 78.3. The number of aromatic nitrogens is 4. The van der Waals surface area contributed by atoms with Crippen LogP contribution in [-0.4, -0.2) is 306 Å². The Kier molecular flexibility index (Phi) is 39.8. The van der Waals surface area contributed by atoms with Gasteiger partial charge in [0.2, 0.25) is 106 Å². The molecule has 3 aliphatic heterocycles. The third kappa shape index (κ3) is 29.3. The van der Waals surface area contributed by atoms with Gasteiger partial charge in [0, 0.05) is 112 Å². The van der Waals surface area contributed by atoms with Crippen LogP contribution in [0, 0.1) is 11.8 Å². The number of hydrogen-bond donors (Lipinski definition) is 17. The number of unbranched alkanes of at least 4 members (excludes halogenated alkanes) is 2. The zero-order valence-corrected chi connectivity index (χ0v) is 79.2. The highest BCUT2D eigenvalue weighted by atomic mass is 32.2. The summed E-state index contributed by atoms with van der Waals surface area (Å²) in [5.74, 6) is -18.5. The van der Waals surface area contributed by atoms with E-state index in [2.05, 4.69) is 86.3 Å². The summed E-state index contributed by atoms with van der Waals surface area (Å²) < 4.78 is 5.36. The van der Waals surface area contributed by atoms with E-state index < -0.39 is 241 Å². The number of likely N-dealkylation sites (N-methyl/N-ethyl adjacent to an activating group) is 3. The number of fused-ring (bicyclic) bond motifs is 4. The Morgan fingerprint density at radius 3 is 1.67 bits per heavy atom. The van der Waals surface area contributed by atoms with Gasteiger partial charge in [0.05, 0.1) is 44.5 Å². The molecule has 3 aromatic heterocycles. The molecule has 3 fully saturated rings. The topological polar surface area (TPSA) is 612 Å². The fourth-order valence-electron chi connectivity index (χ4n) is 17.1. The van der Waals surface area contributed by atoms with Crippen LogP contribution in [0.2, 0.25) is 0 Å². The number of aromatic amines is 3. The average molecular weight is 1920 g/mol. The minimum Gasteiger partial charge on any atom is -0.497 e. The Morgan fingerprint density at radius 2 is 1.09 bits per heavy atom. The Labute approximate surface area is 797 Å². The quantitative estimate of drug-likeness (QED) is 0.0262. The molecule has 43 heteroatoms. The number of hydrogen-bond acceptors (Lipinski definition) is 22. The van der Waals surface area contributed by atoms with Crippen molar-refractivity contribution in [2.75, 3.05) is 66.0 Å². The second-order valence-corrected chi connectivity index (χ2v) is 36.0. The van der Waals surface area contributed by atoms with Crippen LogP contribution >= 0.6 is 11.8 Å². The largest absolute Gasteiger partial charge is 0.497 e. The van der Waals surface area contributed by atoms with E-state index >= 15 is 47.9 Å². The predicted octanol–water partition coefficient (Wildman–Crippen LogP) is -1.02. The average Bonchev–Trinajstić information content (AvgIpc) is 1.42. The lowest BCUT2D eigenvalue weighted by molar-refractivity contribution is -0.149. The van der Waals surface area contributed by atoms with Gasteiger partial charge in [-0.25, -0.2) is 4.98 Å². The maximum Gasteiger partial charge on any atom is 0.247 e. The van der Waals surface area contributed by atoms with Crippen molar-refractivity contribution < 1.29 is 96.1 Å². The van der Waals surface area contributed by atoms with Gasteiger partial charge in [-0.1, -0.05) is 114 Å². The number of ether oxygens (including phenoxy) is 1. The number of carbonyl (C=O) groups excluding carboxylic acids is 18. The van der Waals surface area contributed by atoms with Crippen LogP contribution in [-0.2, 0) is 112 Å². The van der Waals surface area contributed by atoms with Gasteiger partial charge in [-0.2, -0.15) is 0 Å². The third-order valence-electron chi connectivity index (χ3n) is 24.6. The highest BCUT2D eigenvalue weighted by Crippen LogP contribution is 2.30. The summed E-state index contributed by atoms with van der Waals surface area (Å²) in [4.78, 5) is 283. The number of thioether (sulfide) groups is 1. The van der Waals surface area contributed by atoms with Gasteiger partial charge in [0.15, 0.2) is 0 Å². The number of carbonyl (C=O) groups is 18. The van der Waals surface area contributed by atoms with Crippen molar-refractivity contribution in [1.29, 1.82) is 0 Å². The monoisotopic (exact) mass is 1920 g/mol. The highest BCUT2D eigenvalue weighted by molar-refractivity contribution is 8.00. The van der Waals surface area contributed by atoms with Crippen molar-refractivity contribution in [3.8, 4) is 5.75 Å². The van der Waals surface area contributed by atoms with E-state index in [4.69, 9.17) is 21.9 Å². The number of H-pyrrole nitrogens is 3. The first-order chi connectivity index (χ1) is 65.4. The van der Waals surface area contributed by atoms with Gasteiger partial charge in [-0.15, -0.1) is 24.9 Å². The van der Waals surface area contributed by atoms with Crippen LogP contribution in [0.5, 0.6) is 5.75 Å². The maximum absolute atomic E-state index is 15.8. The summed E-state index contributed by atoms with van der Waals surface area (Å²) in [7, 11) is 5.37. The number of rotatable bonds is 28. The number of aliphatic hydroxyl groups is 1. The summed E-state index contributed by atoms with van der Waals surface area (Å²) in [6.07, 6.45) is 7.11. The molecule has 6 aromatic rings. The molecular weight excluding hydrogens is 1790 g/mol. The molecule has 20 N–H and O–H groups in total. The van der Waals surface area contributed by atoms with Crippen molar-refractivity contribution in [3.63, 3.8) is 0 Å². The molecule has 9 rings (SSSR count). The lowest BCUT2D eigenvalue weighted by Crippen LogP contribution is -2.62. The van der Waals surface area contributed by atoms with Gasteiger partial charge in [0.25, 0.3) is 0 Å². The molecule has 42 nitrogen and oxygen atoms in total. The first-order valence-corrected chi connectivity index (χ1v) is 47.0. The molecule has 3 aromatic carbocycles. The van der Waals surface area contributed by atoms with Crippen molar-refractivity contribution in [2.24, 2.45) is 29.0 Å². The maximum atomic E-state index is 15.8. The van der Waals surface area contributed by atoms with Gasteiger partial charge < -0.3 is 120 Å². The number of nitrogens with one attached hydrogen (secondary N) is 13. The summed E-state index contributed by atoms with van der Waals surface area (Å²) in [6, 6.07) is -1.57. The van der Waals surface area contributed by atoms with E-state index in [1.165, 1.54) is 51.8 Å². The minimum absolute atomic E-state index is 0.0122. The molecule has 0 bridgehead atoms. The van der Waals surface area contributed by atoms with Crippen molar-refractivity contribution in [2.45, 2.75) is 221 Å². The molecule has 0 radical (unpaired) electrons. The predicted molar refractivity (Wildman–Crippen MR) is 506 cm³/mol. The van der Waals surface area contributed by atoms with Gasteiger partial charge >= 0.3 is 0 Å². The van der Waals surface area contributed by atoms with E-state index in [-0.39, 0.29) is 88.9 Å². The van der Waals surface area contributed by atoms with Crippen LogP contribution in [0.25, 0.3) is 21.8 Å². The van der Waals surface area contributed by atoms with Gasteiger partial charge in [-0.05, 0) is 97.7 Å². The van der Waals surface area contributed by atoms with Crippen molar-refractivity contribution in [3.05, 3.63) is 145 Å². The zero-order chi connectivity index (χ0) is 100.